The number of rotatable bonds is 4. The summed E-state index contributed by atoms with van der Waals surface area (Å²) in [7, 11) is 2.15. The molecule has 0 aliphatic carbocycles. The maximum atomic E-state index is 5.96. The fraction of sp³-hybridized carbons (Fsp3) is 0.692. The second-order valence-corrected chi connectivity index (χ2v) is 5.63. The Labute approximate surface area is 117 Å². The van der Waals surface area contributed by atoms with Crippen LogP contribution in [0.4, 0.5) is 0 Å². The van der Waals surface area contributed by atoms with Crippen LogP contribution in [0.3, 0.4) is 0 Å². The van der Waals surface area contributed by atoms with Crippen LogP contribution in [0.25, 0.3) is 0 Å². The molecule has 1 saturated heterocycles. The molecule has 18 heavy (non-hydrogen) atoms. The molecule has 0 N–H and O–H groups in total. The van der Waals surface area contributed by atoms with Gasteiger partial charge in [-0.1, -0.05) is 6.92 Å². The van der Waals surface area contributed by atoms with Gasteiger partial charge in [-0.05, 0) is 42.2 Å². The first kappa shape index (κ1) is 13.7. The normalized spacial score (nSPS) is 17.9. The Morgan fingerprint density at radius 3 is 2.78 bits per heavy atom. The molecule has 0 amide bonds. The smallest absolute Gasteiger partial charge is 0.217 e. The zero-order valence-electron chi connectivity index (χ0n) is 11.0. The third kappa shape index (κ3) is 3.92. The van der Waals surface area contributed by atoms with E-state index in [2.05, 4.69) is 44.8 Å². The van der Waals surface area contributed by atoms with Gasteiger partial charge < -0.3 is 9.64 Å². The van der Waals surface area contributed by atoms with E-state index in [1.807, 2.05) is 6.07 Å². The fourth-order valence-electron chi connectivity index (χ4n) is 2.11. The van der Waals surface area contributed by atoms with Crippen molar-refractivity contribution in [2.45, 2.75) is 38.7 Å². The Bertz CT molecular complexity index is 392. The maximum Gasteiger partial charge on any atom is 0.217 e. The Morgan fingerprint density at radius 2 is 2.11 bits per heavy atom. The van der Waals surface area contributed by atoms with Gasteiger partial charge in [0.05, 0.1) is 0 Å². The molecule has 1 aliphatic rings. The van der Waals surface area contributed by atoms with Crippen molar-refractivity contribution in [1.29, 1.82) is 0 Å². The number of aromatic nitrogens is 2. The van der Waals surface area contributed by atoms with Crippen molar-refractivity contribution in [3.05, 3.63) is 16.5 Å². The summed E-state index contributed by atoms with van der Waals surface area (Å²) in [4.78, 5) is 11.1. The molecule has 5 heteroatoms. The molecular formula is C13H20BrN3O. The summed E-state index contributed by atoms with van der Waals surface area (Å²) in [6.07, 6.45) is 4.37. The first-order chi connectivity index (χ1) is 8.67. The quantitative estimate of drug-likeness (QED) is 0.801. The molecule has 100 valence electrons. The topological polar surface area (TPSA) is 38.2 Å². The van der Waals surface area contributed by atoms with Crippen LogP contribution in [0, 0.1) is 0 Å². The van der Waals surface area contributed by atoms with Crippen molar-refractivity contribution in [2.24, 2.45) is 0 Å². The molecule has 0 saturated carbocycles. The highest BCUT2D eigenvalue weighted by atomic mass is 79.9. The molecule has 0 radical (unpaired) electrons. The van der Waals surface area contributed by atoms with E-state index in [1.165, 1.54) is 0 Å². The second kappa shape index (κ2) is 6.48. The van der Waals surface area contributed by atoms with Crippen LogP contribution >= 0.6 is 15.9 Å². The predicted octanol–water partition coefficient (Wildman–Crippen LogP) is 2.66. The SMILES string of the molecule is CCCc1nc(Br)cc(OC2CCN(C)CC2)n1. The number of aryl methyl sites for hydroxylation is 1. The summed E-state index contributed by atoms with van der Waals surface area (Å²) in [5.41, 5.74) is 0. The first-order valence-corrected chi connectivity index (χ1v) is 7.35. The minimum absolute atomic E-state index is 0.289. The number of ether oxygens (including phenoxy) is 1. The maximum absolute atomic E-state index is 5.96. The molecule has 2 rings (SSSR count). The molecular weight excluding hydrogens is 294 g/mol. The van der Waals surface area contributed by atoms with E-state index in [9.17, 15) is 0 Å². The van der Waals surface area contributed by atoms with Gasteiger partial charge in [-0.3, -0.25) is 0 Å². The van der Waals surface area contributed by atoms with E-state index in [1.54, 1.807) is 0 Å². The van der Waals surface area contributed by atoms with E-state index in [-0.39, 0.29) is 6.10 Å². The molecule has 0 unspecified atom stereocenters. The van der Waals surface area contributed by atoms with Crippen LogP contribution < -0.4 is 4.74 Å². The van der Waals surface area contributed by atoms with Crippen LogP contribution in [-0.4, -0.2) is 41.1 Å². The number of likely N-dealkylation sites (tertiary alicyclic amines) is 1. The van der Waals surface area contributed by atoms with Gasteiger partial charge in [-0.15, -0.1) is 0 Å². The Hall–Kier alpha value is -0.680. The highest BCUT2D eigenvalue weighted by Gasteiger charge is 2.18. The van der Waals surface area contributed by atoms with Crippen LogP contribution in [0.2, 0.25) is 0 Å². The van der Waals surface area contributed by atoms with Gasteiger partial charge >= 0.3 is 0 Å². The average molecular weight is 314 g/mol. The highest BCUT2D eigenvalue weighted by molar-refractivity contribution is 9.10. The molecule has 1 aliphatic heterocycles. The van der Waals surface area contributed by atoms with Crippen molar-refractivity contribution < 1.29 is 4.74 Å². The summed E-state index contributed by atoms with van der Waals surface area (Å²) in [6.45, 7) is 4.32. The van der Waals surface area contributed by atoms with E-state index >= 15 is 0 Å². The minimum Gasteiger partial charge on any atom is -0.474 e. The number of piperidine rings is 1. The molecule has 1 fully saturated rings. The van der Waals surface area contributed by atoms with Gasteiger partial charge in [0.15, 0.2) is 0 Å². The van der Waals surface area contributed by atoms with E-state index < -0.39 is 0 Å². The lowest BCUT2D eigenvalue weighted by Crippen LogP contribution is -2.35. The fourth-order valence-corrected chi connectivity index (χ4v) is 2.51. The van der Waals surface area contributed by atoms with Crippen molar-refractivity contribution in [2.75, 3.05) is 20.1 Å². The van der Waals surface area contributed by atoms with E-state index in [4.69, 9.17) is 4.74 Å². The Morgan fingerprint density at radius 1 is 1.39 bits per heavy atom. The number of nitrogens with zero attached hydrogens (tertiary/aromatic N) is 3. The average Bonchev–Trinajstić information content (AvgIpc) is 2.32. The Balaban J connectivity index is 2.00. The van der Waals surface area contributed by atoms with Gasteiger partial charge in [0, 0.05) is 25.6 Å². The van der Waals surface area contributed by atoms with Crippen molar-refractivity contribution in [3.8, 4) is 5.88 Å². The molecule has 0 aromatic carbocycles. The molecule has 0 bridgehead atoms. The van der Waals surface area contributed by atoms with Crippen LogP contribution in [0.1, 0.15) is 32.0 Å². The predicted molar refractivity (Wildman–Crippen MR) is 74.9 cm³/mol. The molecule has 0 spiro atoms. The number of hydrogen-bond acceptors (Lipinski definition) is 4. The molecule has 1 aromatic rings. The summed E-state index contributed by atoms with van der Waals surface area (Å²) in [5.74, 6) is 1.56. The third-order valence-electron chi connectivity index (χ3n) is 3.14. The van der Waals surface area contributed by atoms with Gasteiger partial charge in [0.25, 0.3) is 0 Å². The Kier molecular flexibility index (Phi) is 4.95. The molecule has 1 aromatic heterocycles. The van der Waals surface area contributed by atoms with Gasteiger partial charge in [-0.2, -0.15) is 4.98 Å². The van der Waals surface area contributed by atoms with Gasteiger partial charge in [-0.25, -0.2) is 4.98 Å². The van der Waals surface area contributed by atoms with Crippen molar-refractivity contribution in [3.63, 3.8) is 0 Å². The van der Waals surface area contributed by atoms with Crippen molar-refractivity contribution in [1.82, 2.24) is 14.9 Å². The van der Waals surface area contributed by atoms with Gasteiger partial charge in [0.1, 0.15) is 16.5 Å². The monoisotopic (exact) mass is 313 g/mol. The lowest BCUT2D eigenvalue weighted by atomic mass is 10.1. The van der Waals surface area contributed by atoms with Crippen LogP contribution in [-0.2, 0) is 6.42 Å². The number of hydrogen-bond donors (Lipinski definition) is 0. The second-order valence-electron chi connectivity index (χ2n) is 4.82. The lowest BCUT2D eigenvalue weighted by Gasteiger charge is -2.28. The highest BCUT2D eigenvalue weighted by Crippen LogP contribution is 2.20. The summed E-state index contributed by atoms with van der Waals surface area (Å²) in [6, 6.07) is 1.86. The first-order valence-electron chi connectivity index (χ1n) is 6.56. The van der Waals surface area contributed by atoms with Crippen LogP contribution in [0.5, 0.6) is 5.88 Å². The lowest BCUT2D eigenvalue weighted by molar-refractivity contribution is 0.109. The van der Waals surface area contributed by atoms with E-state index in [0.717, 1.165) is 49.2 Å². The van der Waals surface area contributed by atoms with Gasteiger partial charge in [0.2, 0.25) is 5.88 Å². The van der Waals surface area contributed by atoms with Crippen LogP contribution in [0.15, 0.2) is 10.7 Å². The molecule has 4 nitrogen and oxygen atoms in total. The summed E-state index contributed by atoms with van der Waals surface area (Å²) in [5, 5.41) is 0. The number of halogens is 1. The zero-order valence-corrected chi connectivity index (χ0v) is 12.6. The third-order valence-corrected chi connectivity index (χ3v) is 3.55. The largest absolute Gasteiger partial charge is 0.474 e. The summed E-state index contributed by atoms with van der Waals surface area (Å²) >= 11 is 3.42. The zero-order chi connectivity index (χ0) is 13.0. The van der Waals surface area contributed by atoms with E-state index in [0.29, 0.717) is 5.88 Å². The van der Waals surface area contributed by atoms with Crippen molar-refractivity contribution >= 4 is 15.9 Å². The standard InChI is InChI=1S/C13H20BrN3O/c1-3-4-12-15-11(14)9-13(16-12)18-10-5-7-17(2)8-6-10/h9-10H,3-8H2,1-2H3. The molecule has 0 atom stereocenters. The summed E-state index contributed by atoms with van der Waals surface area (Å²) < 4.78 is 6.77. The molecule has 2 heterocycles. The minimum atomic E-state index is 0.289.